The van der Waals surface area contributed by atoms with Crippen LogP contribution in [0.3, 0.4) is 0 Å². The van der Waals surface area contributed by atoms with Gasteiger partial charge in [-0.1, -0.05) is 0 Å². The van der Waals surface area contributed by atoms with E-state index in [-0.39, 0.29) is 11.9 Å². The average Bonchev–Trinajstić information content (AvgIpc) is 2.57. The zero-order chi connectivity index (χ0) is 14.5. The number of ether oxygens (including phenoxy) is 1. The number of hydrogen-bond acceptors (Lipinski definition) is 4. The van der Waals surface area contributed by atoms with Gasteiger partial charge in [0.25, 0.3) is 5.91 Å². The number of anilines is 1. The fourth-order valence-corrected chi connectivity index (χ4v) is 2.89. The first kappa shape index (κ1) is 14.4. The van der Waals surface area contributed by atoms with Crippen LogP contribution in [0.25, 0.3) is 0 Å². The Bertz CT molecular complexity index is 463. The fraction of sp³-hybridized carbons (Fsp3) is 0.562. The fourth-order valence-electron chi connectivity index (χ4n) is 2.89. The minimum Gasteiger partial charge on any atom is -0.378 e. The lowest BCUT2D eigenvalue weighted by Gasteiger charge is -2.29. The van der Waals surface area contributed by atoms with Gasteiger partial charge < -0.3 is 20.3 Å². The molecule has 114 valence electrons. The van der Waals surface area contributed by atoms with E-state index in [0.29, 0.717) is 0 Å². The third-order valence-corrected chi connectivity index (χ3v) is 4.14. The summed E-state index contributed by atoms with van der Waals surface area (Å²) in [5.41, 5.74) is 1.90. The van der Waals surface area contributed by atoms with Crippen molar-refractivity contribution in [1.29, 1.82) is 0 Å². The molecule has 2 heterocycles. The molecule has 1 aromatic rings. The van der Waals surface area contributed by atoms with Crippen molar-refractivity contribution in [3.63, 3.8) is 0 Å². The summed E-state index contributed by atoms with van der Waals surface area (Å²) in [6, 6.07) is 8.14. The lowest BCUT2D eigenvalue weighted by Crippen LogP contribution is -2.45. The van der Waals surface area contributed by atoms with E-state index in [1.54, 1.807) is 0 Å². The first-order valence-electron chi connectivity index (χ1n) is 7.77. The Morgan fingerprint density at radius 3 is 2.67 bits per heavy atom. The van der Waals surface area contributed by atoms with Gasteiger partial charge in [0.15, 0.2) is 0 Å². The zero-order valence-electron chi connectivity index (χ0n) is 12.3. The van der Waals surface area contributed by atoms with Crippen LogP contribution in [-0.4, -0.2) is 51.3 Å². The number of morpholine rings is 1. The second kappa shape index (κ2) is 6.91. The van der Waals surface area contributed by atoms with Crippen LogP contribution in [0.15, 0.2) is 24.3 Å². The summed E-state index contributed by atoms with van der Waals surface area (Å²) >= 11 is 0. The number of piperidine rings is 1. The molecule has 2 N–H and O–H groups in total. The molecule has 0 aliphatic carbocycles. The molecule has 0 radical (unpaired) electrons. The van der Waals surface area contributed by atoms with E-state index >= 15 is 0 Å². The summed E-state index contributed by atoms with van der Waals surface area (Å²) in [5.74, 6) is 0.0252. The van der Waals surface area contributed by atoms with Gasteiger partial charge in [0.1, 0.15) is 0 Å². The number of amides is 1. The largest absolute Gasteiger partial charge is 0.378 e. The van der Waals surface area contributed by atoms with Crippen molar-refractivity contribution < 1.29 is 9.53 Å². The maximum Gasteiger partial charge on any atom is 0.251 e. The van der Waals surface area contributed by atoms with E-state index < -0.39 is 0 Å². The van der Waals surface area contributed by atoms with Crippen molar-refractivity contribution in [3.05, 3.63) is 29.8 Å². The summed E-state index contributed by atoms with van der Waals surface area (Å²) in [5, 5.41) is 6.41. The van der Waals surface area contributed by atoms with Gasteiger partial charge in [0.2, 0.25) is 0 Å². The number of benzene rings is 1. The van der Waals surface area contributed by atoms with E-state index in [1.165, 1.54) is 0 Å². The first-order valence-corrected chi connectivity index (χ1v) is 7.77. The predicted octanol–water partition coefficient (Wildman–Crippen LogP) is 1.01. The molecule has 5 heteroatoms. The molecule has 1 aromatic carbocycles. The highest BCUT2D eigenvalue weighted by Gasteiger charge is 2.17. The lowest BCUT2D eigenvalue weighted by molar-refractivity contribution is 0.0930. The van der Waals surface area contributed by atoms with Crippen LogP contribution in [0.1, 0.15) is 23.2 Å². The zero-order valence-corrected chi connectivity index (χ0v) is 12.3. The van der Waals surface area contributed by atoms with Crippen LogP contribution < -0.4 is 15.5 Å². The summed E-state index contributed by atoms with van der Waals surface area (Å²) in [7, 11) is 0. The molecule has 2 fully saturated rings. The Balaban J connectivity index is 1.58. The topological polar surface area (TPSA) is 53.6 Å². The van der Waals surface area contributed by atoms with Gasteiger partial charge in [-0.15, -0.1) is 0 Å². The molecule has 0 spiro atoms. The van der Waals surface area contributed by atoms with E-state index in [1.807, 2.05) is 24.3 Å². The van der Waals surface area contributed by atoms with Gasteiger partial charge in [-0.25, -0.2) is 0 Å². The summed E-state index contributed by atoms with van der Waals surface area (Å²) < 4.78 is 5.36. The molecular formula is C16H23N3O2. The number of nitrogens with one attached hydrogen (secondary N) is 2. The SMILES string of the molecule is O=C(N[C@H]1CCCNC1)c1ccc(N2CCOCC2)cc1. The minimum atomic E-state index is 0.0252. The summed E-state index contributed by atoms with van der Waals surface area (Å²) in [6.45, 7) is 5.31. The number of nitrogens with zero attached hydrogens (tertiary/aromatic N) is 1. The van der Waals surface area contributed by atoms with Gasteiger partial charge in [-0.05, 0) is 43.7 Å². The van der Waals surface area contributed by atoms with E-state index in [9.17, 15) is 4.79 Å². The number of rotatable bonds is 3. The standard InChI is InChI=1S/C16H23N3O2/c20-16(18-14-2-1-7-17-12-14)13-3-5-15(6-4-13)19-8-10-21-11-9-19/h3-6,14,17H,1-2,7-12H2,(H,18,20)/t14-/m0/s1. The monoisotopic (exact) mass is 289 g/mol. The summed E-state index contributed by atoms with van der Waals surface area (Å²) in [4.78, 5) is 14.5. The molecule has 0 saturated carbocycles. The van der Waals surface area contributed by atoms with E-state index in [0.717, 1.165) is 63.5 Å². The molecule has 2 aliphatic heterocycles. The second-order valence-electron chi connectivity index (χ2n) is 5.66. The predicted molar refractivity (Wildman–Crippen MR) is 82.8 cm³/mol. The molecule has 21 heavy (non-hydrogen) atoms. The van der Waals surface area contributed by atoms with Crippen molar-refractivity contribution in [2.24, 2.45) is 0 Å². The molecule has 3 rings (SSSR count). The van der Waals surface area contributed by atoms with Crippen LogP contribution in [0.2, 0.25) is 0 Å². The quantitative estimate of drug-likeness (QED) is 0.872. The molecule has 0 bridgehead atoms. The summed E-state index contributed by atoms with van der Waals surface area (Å²) in [6.07, 6.45) is 2.19. The van der Waals surface area contributed by atoms with Crippen LogP contribution in [0.5, 0.6) is 0 Å². The lowest BCUT2D eigenvalue weighted by atomic mass is 10.1. The molecule has 0 unspecified atom stereocenters. The molecule has 1 amide bonds. The maximum atomic E-state index is 12.2. The van der Waals surface area contributed by atoms with E-state index in [2.05, 4.69) is 15.5 Å². The Hall–Kier alpha value is -1.59. The Morgan fingerprint density at radius 1 is 1.24 bits per heavy atom. The average molecular weight is 289 g/mol. The minimum absolute atomic E-state index is 0.0252. The molecule has 2 aliphatic rings. The molecular weight excluding hydrogens is 266 g/mol. The Labute approximate surface area is 125 Å². The molecule has 1 atom stereocenters. The highest BCUT2D eigenvalue weighted by atomic mass is 16.5. The van der Waals surface area contributed by atoms with Crippen LogP contribution in [0, 0.1) is 0 Å². The third-order valence-electron chi connectivity index (χ3n) is 4.14. The van der Waals surface area contributed by atoms with E-state index in [4.69, 9.17) is 4.74 Å². The molecule has 5 nitrogen and oxygen atoms in total. The van der Waals surface area contributed by atoms with Gasteiger partial charge in [-0.2, -0.15) is 0 Å². The van der Waals surface area contributed by atoms with Crippen molar-refractivity contribution in [2.75, 3.05) is 44.3 Å². The van der Waals surface area contributed by atoms with Crippen molar-refractivity contribution in [1.82, 2.24) is 10.6 Å². The number of hydrogen-bond donors (Lipinski definition) is 2. The van der Waals surface area contributed by atoms with Gasteiger partial charge >= 0.3 is 0 Å². The molecule has 0 aromatic heterocycles. The maximum absolute atomic E-state index is 12.2. The van der Waals surface area contributed by atoms with Crippen molar-refractivity contribution in [2.45, 2.75) is 18.9 Å². The Morgan fingerprint density at radius 2 is 2.00 bits per heavy atom. The van der Waals surface area contributed by atoms with Crippen molar-refractivity contribution in [3.8, 4) is 0 Å². The van der Waals surface area contributed by atoms with Gasteiger partial charge in [-0.3, -0.25) is 4.79 Å². The van der Waals surface area contributed by atoms with Crippen LogP contribution in [0.4, 0.5) is 5.69 Å². The van der Waals surface area contributed by atoms with Crippen LogP contribution in [-0.2, 0) is 4.74 Å². The number of carbonyl (C=O) groups excluding carboxylic acids is 1. The van der Waals surface area contributed by atoms with Crippen molar-refractivity contribution >= 4 is 11.6 Å². The smallest absolute Gasteiger partial charge is 0.251 e. The first-order chi connectivity index (χ1) is 10.3. The number of carbonyl (C=O) groups is 1. The van der Waals surface area contributed by atoms with Crippen LogP contribution >= 0.6 is 0 Å². The third kappa shape index (κ3) is 3.74. The normalized spacial score (nSPS) is 22.9. The second-order valence-corrected chi connectivity index (χ2v) is 5.66. The van der Waals surface area contributed by atoms with Gasteiger partial charge in [0.05, 0.1) is 13.2 Å². The highest BCUT2D eigenvalue weighted by Crippen LogP contribution is 2.17. The molecule has 2 saturated heterocycles. The highest BCUT2D eigenvalue weighted by molar-refractivity contribution is 5.94. The van der Waals surface area contributed by atoms with Gasteiger partial charge in [0, 0.05) is 36.9 Å². The Kier molecular flexibility index (Phi) is 4.72.